The molecule has 0 saturated carbocycles. The summed E-state index contributed by atoms with van der Waals surface area (Å²) in [6.07, 6.45) is 3.04. The minimum Gasteiger partial charge on any atom is -0.0840 e. The molecule has 0 N–H and O–H groups in total. The molecule has 0 heterocycles. The molecule has 0 spiro atoms. The molecule has 2 rings (SSSR count). The molecular formula is C18H21Cl. The molecule has 2 aromatic rings. The van der Waals surface area contributed by atoms with Gasteiger partial charge in [-0.2, -0.15) is 0 Å². The molecule has 0 bridgehead atoms. The Balaban J connectivity index is 2.21. The fourth-order valence-corrected chi connectivity index (χ4v) is 2.82. The SMILES string of the molecule is CCc1ccc(Cc2ccc(CC)c(Cl)c2)cc1C. The average Bonchev–Trinajstić information content (AvgIpc) is 2.39. The first-order valence-corrected chi connectivity index (χ1v) is 7.37. The summed E-state index contributed by atoms with van der Waals surface area (Å²) in [7, 11) is 0. The molecule has 0 aliphatic rings. The highest BCUT2D eigenvalue weighted by atomic mass is 35.5. The fourth-order valence-electron chi connectivity index (χ4n) is 2.49. The van der Waals surface area contributed by atoms with Gasteiger partial charge in [0.2, 0.25) is 0 Å². The molecule has 0 aliphatic carbocycles. The summed E-state index contributed by atoms with van der Waals surface area (Å²) in [4.78, 5) is 0. The number of benzene rings is 2. The van der Waals surface area contributed by atoms with Gasteiger partial charge in [-0.3, -0.25) is 0 Å². The van der Waals surface area contributed by atoms with Crippen molar-refractivity contribution in [2.45, 2.75) is 40.0 Å². The number of hydrogen-bond acceptors (Lipinski definition) is 0. The Labute approximate surface area is 121 Å². The van der Waals surface area contributed by atoms with Crippen LogP contribution in [0.5, 0.6) is 0 Å². The van der Waals surface area contributed by atoms with E-state index in [4.69, 9.17) is 11.6 Å². The van der Waals surface area contributed by atoms with E-state index in [-0.39, 0.29) is 0 Å². The molecule has 0 amide bonds. The van der Waals surface area contributed by atoms with Crippen LogP contribution in [0.1, 0.15) is 41.7 Å². The molecule has 0 unspecified atom stereocenters. The topological polar surface area (TPSA) is 0 Å². The van der Waals surface area contributed by atoms with Gasteiger partial charge in [-0.1, -0.05) is 55.8 Å². The molecule has 1 heteroatoms. The lowest BCUT2D eigenvalue weighted by Crippen LogP contribution is -1.93. The molecule has 0 aromatic heterocycles. The third-order valence-electron chi connectivity index (χ3n) is 3.69. The molecule has 0 nitrogen and oxygen atoms in total. The summed E-state index contributed by atoms with van der Waals surface area (Å²) >= 11 is 6.27. The number of halogens is 1. The smallest absolute Gasteiger partial charge is 0.0440 e. The van der Waals surface area contributed by atoms with Crippen molar-refractivity contribution in [2.24, 2.45) is 0 Å². The molecule has 0 aliphatic heterocycles. The molecule has 0 radical (unpaired) electrons. The van der Waals surface area contributed by atoms with Crippen LogP contribution in [0.15, 0.2) is 36.4 Å². The molecule has 0 fully saturated rings. The molecule has 100 valence electrons. The second kappa shape index (κ2) is 6.25. The fraction of sp³-hybridized carbons (Fsp3) is 0.333. The van der Waals surface area contributed by atoms with Crippen molar-refractivity contribution >= 4 is 11.6 Å². The van der Waals surface area contributed by atoms with E-state index < -0.39 is 0 Å². The van der Waals surface area contributed by atoms with E-state index in [1.807, 2.05) is 0 Å². The van der Waals surface area contributed by atoms with Crippen LogP contribution in [0.25, 0.3) is 0 Å². The summed E-state index contributed by atoms with van der Waals surface area (Å²) in [6.45, 7) is 6.52. The zero-order chi connectivity index (χ0) is 13.8. The van der Waals surface area contributed by atoms with Gasteiger partial charge >= 0.3 is 0 Å². The summed E-state index contributed by atoms with van der Waals surface area (Å²) in [5.41, 5.74) is 6.68. The monoisotopic (exact) mass is 272 g/mol. The zero-order valence-electron chi connectivity index (χ0n) is 12.0. The van der Waals surface area contributed by atoms with E-state index in [9.17, 15) is 0 Å². The van der Waals surface area contributed by atoms with Crippen LogP contribution in [0.3, 0.4) is 0 Å². The van der Waals surface area contributed by atoms with Crippen molar-refractivity contribution in [1.29, 1.82) is 0 Å². The number of hydrogen-bond donors (Lipinski definition) is 0. The minimum atomic E-state index is 0.891. The van der Waals surface area contributed by atoms with E-state index in [0.29, 0.717) is 0 Å². The number of aryl methyl sites for hydroxylation is 3. The van der Waals surface area contributed by atoms with Crippen molar-refractivity contribution in [1.82, 2.24) is 0 Å². The maximum atomic E-state index is 6.27. The Morgan fingerprint density at radius 2 is 1.42 bits per heavy atom. The molecular weight excluding hydrogens is 252 g/mol. The van der Waals surface area contributed by atoms with E-state index in [1.165, 1.54) is 27.8 Å². The number of rotatable bonds is 4. The Morgan fingerprint density at radius 3 is 1.95 bits per heavy atom. The van der Waals surface area contributed by atoms with Crippen LogP contribution < -0.4 is 0 Å². The van der Waals surface area contributed by atoms with Gasteiger partial charge in [0, 0.05) is 5.02 Å². The Hall–Kier alpha value is -1.27. The van der Waals surface area contributed by atoms with Crippen LogP contribution in [0.4, 0.5) is 0 Å². The third kappa shape index (κ3) is 3.39. The molecule has 2 aromatic carbocycles. The molecule has 0 atom stereocenters. The normalized spacial score (nSPS) is 10.7. The largest absolute Gasteiger partial charge is 0.0840 e. The van der Waals surface area contributed by atoms with Crippen LogP contribution >= 0.6 is 11.6 Å². The van der Waals surface area contributed by atoms with E-state index in [2.05, 4.69) is 57.2 Å². The first kappa shape index (κ1) is 14.1. The van der Waals surface area contributed by atoms with Crippen molar-refractivity contribution < 1.29 is 0 Å². The van der Waals surface area contributed by atoms with Crippen molar-refractivity contribution in [3.8, 4) is 0 Å². The maximum Gasteiger partial charge on any atom is 0.0440 e. The van der Waals surface area contributed by atoms with E-state index in [0.717, 1.165) is 24.3 Å². The lowest BCUT2D eigenvalue weighted by atomic mass is 9.98. The van der Waals surface area contributed by atoms with Crippen LogP contribution in [0, 0.1) is 6.92 Å². The van der Waals surface area contributed by atoms with Crippen LogP contribution in [-0.4, -0.2) is 0 Å². The zero-order valence-corrected chi connectivity index (χ0v) is 12.7. The predicted molar refractivity (Wildman–Crippen MR) is 84.2 cm³/mol. The van der Waals surface area contributed by atoms with Gasteiger partial charge in [-0.25, -0.2) is 0 Å². The maximum absolute atomic E-state index is 6.27. The lowest BCUT2D eigenvalue weighted by molar-refractivity contribution is 1.08. The van der Waals surface area contributed by atoms with Gasteiger partial charge in [-0.15, -0.1) is 0 Å². The van der Waals surface area contributed by atoms with Crippen LogP contribution in [-0.2, 0) is 19.3 Å². The van der Waals surface area contributed by atoms with E-state index >= 15 is 0 Å². The Bertz CT molecular complexity index is 518. The highest BCUT2D eigenvalue weighted by Crippen LogP contribution is 2.21. The van der Waals surface area contributed by atoms with Gasteiger partial charge < -0.3 is 0 Å². The summed E-state index contributed by atoms with van der Waals surface area (Å²) in [5, 5.41) is 0.891. The Kier molecular flexibility index (Phi) is 4.66. The molecule has 19 heavy (non-hydrogen) atoms. The predicted octanol–water partition coefficient (Wildman–Crippen LogP) is 5.36. The molecule has 0 saturated heterocycles. The third-order valence-corrected chi connectivity index (χ3v) is 4.05. The minimum absolute atomic E-state index is 0.891. The summed E-state index contributed by atoms with van der Waals surface area (Å²) in [5.74, 6) is 0. The average molecular weight is 273 g/mol. The lowest BCUT2D eigenvalue weighted by Gasteiger charge is -2.09. The van der Waals surface area contributed by atoms with Gasteiger partial charge in [0.05, 0.1) is 0 Å². The highest BCUT2D eigenvalue weighted by molar-refractivity contribution is 6.31. The van der Waals surface area contributed by atoms with Gasteiger partial charge in [0.1, 0.15) is 0 Å². The Morgan fingerprint density at radius 1 is 0.842 bits per heavy atom. The van der Waals surface area contributed by atoms with E-state index in [1.54, 1.807) is 0 Å². The summed E-state index contributed by atoms with van der Waals surface area (Å²) < 4.78 is 0. The van der Waals surface area contributed by atoms with Crippen molar-refractivity contribution in [3.63, 3.8) is 0 Å². The second-order valence-corrected chi connectivity index (χ2v) is 5.48. The van der Waals surface area contributed by atoms with Crippen LogP contribution in [0.2, 0.25) is 5.02 Å². The second-order valence-electron chi connectivity index (χ2n) is 5.07. The van der Waals surface area contributed by atoms with Crippen molar-refractivity contribution in [2.75, 3.05) is 0 Å². The summed E-state index contributed by atoms with van der Waals surface area (Å²) in [6, 6.07) is 13.2. The van der Waals surface area contributed by atoms with Crippen molar-refractivity contribution in [3.05, 3.63) is 69.2 Å². The first-order chi connectivity index (χ1) is 9.13. The quantitative estimate of drug-likeness (QED) is 0.702. The highest BCUT2D eigenvalue weighted by Gasteiger charge is 2.03. The van der Waals surface area contributed by atoms with Gasteiger partial charge in [0.25, 0.3) is 0 Å². The van der Waals surface area contributed by atoms with Gasteiger partial charge in [0.15, 0.2) is 0 Å². The standard InChI is InChI=1S/C18H21Cl/c1-4-16-8-6-14(10-13(16)3)11-15-7-9-17(5-2)18(19)12-15/h6-10,12H,4-5,11H2,1-3H3. The van der Waals surface area contributed by atoms with Gasteiger partial charge in [-0.05, 0) is 60.1 Å². The first-order valence-electron chi connectivity index (χ1n) is 6.99.